The summed E-state index contributed by atoms with van der Waals surface area (Å²) in [5.41, 5.74) is 0.526. The number of amides is 1. The number of anilines is 1. The van der Waals surface area contributed by atoms with Crippen LogP contribution in [0.15, 0.2) is 30.3 Å². The Labute approximate surface area is 88.3 Å². The normalized spacial score (nSPS) is 33.0. The highest BCUT2D eigenvalue weighted by molar-refractivity contribution is 6.03. The van der Waals surface area contributed by atoms with Crippen molar-refractivity contribution in [1.82, 2.24) is 0 Å². The molecule has 1 amide bonds. The van der Waals surface area contributed by atoms with E-state index in [1.165, 1.54) is 0 Å². The third kappa shape index (κ3) is 1.07. The molecule has 0 bridgehead atoms. The third-order valence-corrected chi connectivity index (χ3v) is 3.66. The number of rotatable bonds is 2. The minimum Gasteiger partial charge on any atom is -0.395 e. The number of hydrogen-bond acceptors (Lipinski definition) is 2. The summed E-state index contributed by atoms with van der Waals surface area (Å²) in [6.45, 7) is 0.767. The first-order chi connectivity index (χ1) is 7.28. The summed E-state index contributed by atoms with van der Waals surface area (Å²) in [7, 11) is 0. The van der Waals surface area contributed by atoms with Crippen molar-refractivity contribution in [2.75, 3.05) is 18.1 Å². The lowest BCUT2D eigenvalue weighted by Crippen LogP contribution is -2.33. The van der Waals surface area contributed by atoms with E-state index < -0.39 is 5.41 Å². The zero-order valence-corrected chi connectivity index (χ0v) is 8.39. The average molecular weight is 203 g/mol. The minimum absolute atomic E-state index is 0.000165. The molecule has 1 N–H and O–H groups in total. The Bertz CT molecular complexity index is 399. The van der Waals surface area contributed by atoms with Gasteiger partial charge in [0.2, 0.25) is 5.91 Å². The second-order valence-corrected chi connectivity index (χ2v) is 4.47. The number of piperidine rings is 1. The van der Waals surface area contributed by atoms with Gasteiger partial charge in [0.25, 0.3) is 0 Å². The monoisotopic (exact) mass is 203 g/mol. The van der Waals surface area contributed by atoms with Crippen LogP contribution in [0, 0.1) is 11.3 Å². The van der Waals surface area contributed by atoms with Crippen molar-refractivity contribution >= 4 is 11.6 Å². The molecule has 1 saturated heterocycles. The molecule has 0 unspecified atom stereocenters. The minimum atomic E-state index is -0.421. The van der Waals surface area contributed by atoms with Gasteiger partial charge in [-0.2, -0.15) is 0 Å². The number of carbonyl (C=O) groups excluding carboxylic acids is 1. The van der Waals surface area contributed by atoms with Crippen molar-refractivity contribution in [1.29, 1.82) is 0 Å². The van der Waals surface area contributed by atoms with E-state index in [2.05, 4.69) is 0 Å². The van der Waals surface area contributed by atoms with Gasteiger partial charge in [-0.3, -0.25) is 4.79 Å². The summed E-state index contributed by atoms with van der Waals surface area (Å²) >= 11 is 0. The molecule has 3 nitrogen and oxygen atoms in total. The number of para-hydroxylation sites is 1. The fraction of sp³-hybridized carbons (Fsp3) is 0.417. The van der Waals surface area contributed by atoms with Crippen molar-refractivity contribution in [2.45, 2.75) is 6.42 Å². The van der Waals surface area contributed by atoms with Crippen molar-refractivity contribution in [3.8, 4) is 0 Å². The molecule has 2 fully saturated rings. The Hall–Kier alpha value is -1.35. The molecule has 1 aliphatic heterocycles. The van der Waals surface area contributed by atoms with Crippen LogP contribution in [-0.2, 0) is 4.79 Å². The maximum Gasteiger partial charge on any atom is 0.235 e. The van der Waals surface area contributed by atoms with Gasteiger partial charge in [0.05, 0.1) is 12.0 Å². The first kappa shape index (κ1) is 8.92. The predicted molar refractivity (Wildman–Crippen MR) is 56.4 cm³/mol. The van der Waals surface area contributed by atoms with E-state index in [0.717, 1.165) is 18.7 Å². The number of carbonyl (C=O) groups is 1. The van der Waals surface area contributed by atoms with Gasteiger partial charge in [-0.15, -0.1) is 0 Å². The van der Waals surface area contributed by atoms with Gasteiger partial charge in [0.1, 0.15) is 0 Å². The van der Waals surface area contributed by atoms with Gasteiger partial charge in [-0.05, 0) is 24.5 Å². The molecular formula is C12H13NO2. The molecule has 3 rings (SSSR count). The largest absolute Gasteiger partial charge is 0.395 e. The van der Waals surface area contributed by atoms with E-state index in [0.29, 0.717) is 5.92 Å². The van der Waals surface area contributed by atoms with E-state index in [9.17, 15) is 9.90 Å². The fourth-order valence-electron chi connectivity index (χ4n) is 2.55. The molecule has 0 aromatic heterocycles. The van der Waals surface area contributed by atoms with Crippen LogP contribution >= 0.6 is 0 Å². The highest BCUT2D eigenvalue weighted by Gasteiger charge is 2.66. The molecule has 3 heteroatoms. The van der Waals surface area contributed by atoms with Crippen LogP contribution < -0.4 is 4.90 Å². The smallest absolute Gasteiger partial charge is 0.235 e. The summed E-state index contributed by atoms with van der Waals surface area (Å²) in [4.78, 5) is 13.9. The molecule has 2 aliphatic rings. The Kier molecular flexibility index (Phi) is 1.68. The van der Waals surface area contributed by atoms with Crippen LogP contribution in [0.3, 0.4) is 0 Å². The first-order valence-corrected chi connectivity index (χ1v) is 5.26. The molecule has 1 aliphatic carbocycles. The third-order valence-electron chi connectivity index (χ3n) is 3.66. The Morgan fingerprint density at radius 3 is 2.73 bits per heavy atom. The maximum atomic E-state index is 12.1. The van der Waals surface area contributed by atoms with Gasteiger partial charge in [0.15, 0.2) is 0 Å². The van der Waals surface area contributed by atoms with Crippen LogP contribution in [0.4, 0.5) is 5.69 Å². The number of aliphatic hydroxyl groups excluding tert-OH is 1. The van der Waals surface area contributed by atoms with Gasteiger partial charge in [-0.25, -0.2) is 0 Å². The van der Waals surface area contributed by atoms with Crippen LogP contribution in [0.5, 0.6) is 0 Å². The molecule has 0 spiro atoms. The number of nitrogens with zero attached hydrogens (tertiary/aromatic N) is 1. The molecule has 0 radical (unpaired) electrons. The van der Waals surface area contributed by atoms with Gasteiger partial charge < -0.3 is 10.0 Å². The lowest BCUT2D eigenvalue weighted by atomic mass is 10.1. The number of fused-ring (bicyclic) bond motifs is 1. The van der Waals surface area contributed by atoms with Gasteiger partial charge in [0, 0.05) is 12.2 Å². The average Bonchev–Trinajstić information content (AvgIpc) is 2.94. The summed E-state index contributed by atoms with van der Waals surface area (Å²) in [6.07, 6.45) is 0.867. The van der Waals surface area contributed by atoms with Crippen molar-refractivity contribution < 1.29 is 9.90 Å². The molecule has 1 aromatic carbocycles. The van der Waals surface area contributed by atoms with E-state index in [4.69, 9.17) is 0 Å². The summed E-state index contributed by atoms with van der Waals surface area (Å²) in [6, 6.07) is 9.67. The van der Waals surface area contributed by atoms with Crippen LogP contribution in [0.1, 0.15) is 6.42 Å². The molecule has 2 atom stereocenters. The number of aliphatic hydroxyl groups is 1. The quantitative estimate of drug-likeness (QED) is 0.780. The Morgan fingerprint density at radius 1 is 1.40 bits per heavy atom. The Balaban J connectivity index is 1.90. The molecule has 1 heterocycles. The van der Waals surface area contributed by atoms with E-state index in [-0.39, 0.29) is 12.5 Å². The van der Waals surface area contributed by atoms with Crippen LogP contribution in [0.2, 0.25) is 0 Å². The summed E-state index contributed by atoms with van der Waals surface area (Å²) in [5, 5.41) is 9.25. The van der Waals surface area contributed by atoms with E-state index in [1.807, 2.05) is 30.3 Å². The van der Waals surface area contributed by atoms with Crippen LogP contribution in [0.25, 0.3) is 0 Å². The second-order valence-electron chi connectivity index (χ2n) is 4.47. The zero-order valence-electron chi connectivity index (χ0n) is 8.39. The standard InChI is InChI=1S/C12H13NO2/c14-8-12-6-9(12)7-13(11(12)15)10-4-2-1-3-5-10/h1-5,9,14H,6-8H2/t9-,12+/m0/s1. The van der Waals surface area contributed by atoms with Crippen molar-refractivity contribution in [2.24, 2.45) is 11.3 Å². The van der Waals surface area contributed by atoms with Crippen LogP contribution in [-0.4, -0.2) is 24.2 Å². The number of benzene rings is 1. The summed E-state index contributed by atoms with van der Waals surface area (Å²) < 4.78 is 0. The fourth-order valence-corrected chi connectivity index (χ4v) is 2.55. The first-order valence-electron chi connectivity index (χ1n) is 5.26. The molecule has 1 aromatic rings. The van der Waals surface area contributed by atoms with Crippen molar-refractivity contribution in [3.63, 3.8) is 0 Å². The Morgan fingerprint density at radius 2 is 2.13 bits per heavy atom. The van der Waals surface area contributed by atoms with E-state index >= 15 is 0 Å². The van der Waals surface area contributed by atoms with E-state index in [1.54, 1.807) is 4.90 Å². The maximum absolute atomic E-state index is 12.1. The van der Waals surface area contributed by atoms with Crippen molar-refractivity contribution in [3.05, 3.63) is 30.3 Å². The lowest BCUT2D eigenvalue weighted by molar-refractivity contribution is -0.123. The molecule has 1 saturated carbocycles. The highest BCUT2D eigenvalue weighted by atomic mass is 16.3. The highest BCUT2D eigenvalue weighted by Crippen LogP contribution is 2.58. The summed E-state index contributed by atoms with van der Waals surface area (Å²) in [5.74, 6) is 0.469. The SMILES string of the molecule is O=C1N(c2ccccc2)C[C@@H]2C[C@]12CO. The second kappa shape index (κ2) is 2.83. The molecule has 15 heavy (non-hydrogen) atoms. The predicted octanol–water partition coefficient (Wildman–Crippen LogP) is 1.03. The number of hydrogen-bond donors (Lipinski definition) is 1. The molecule has 78 valence electrons. The topological polar surface area (TPSA) is 40.5 Å². The van der Waals surface area contributed by atoms with Gasteiger partial charge >= 0.3 is 0 Å². The lowest BCUT2D eigenvalue weighted by Gasteiger charge is -2.20. The zero-order chi connectivity index (χ0) is 10.5. The van der Waals surface area contributed by atoms with Gasteiger partial charge in [-0.1, -0.05) is 18.2 Å². The molecular weight excluding hydrogens is 190 g/mol.